The average Bonchev–Trinajstić information content (AvgIpc) is 0.851. The number of fused-ring (bicyclic) bond motifs is 5. The molecule has 15 heteroatoms. The quantitative estimate of drug-likeness (QED) is 0.0638. The lowest BCUT2D eigenvalue weighted by Crippen LogP contribution is -2.01. The van der Waals surface area contributed by atoms with Gasteiger partial charge < -0.3 is 24.8 Å². The minimum atomic E-state index is -0.346. The maximum absolute atomic E-state index is 11.0. The molecule has 0 fully saturated rings. The number of ether oxygens (including phenoxy) is 2. The van der Waals surface area contributed by atoms with Gasteiger partial charge >= 0.3 is 11.9 Å². The Morgan fingerprint density at radius 1 is 0.330 bits per heavy atom. The van der Waals surface area contributed by atoms with E-state index in [9.17, 15) is 24.6 Å². The Morgan fingerprint density at radius 2 is 0.670 bits per heavy atom. The van der Waals surface area contributed by atoms with Crippen LogP contribution in [0.5, 0.6) is 28.7 Å². The lowest BCUT2D eigenvalue weighted by molar-refractivity contribution is -0.132. The number of para-hydroxylation sites is 5. The van der Waals surface area contributed by atoms with Crippen molar-refractivity contribution in [1.29, 1.82) is 0 Å². The first-order chi connectivity index (χ1) is 49.7. The molecule has 0 aliphatic carbocycles. The van der Waals surface area contributed by atoms with Crippen LogP contribution in [0, 0.1) is 42.4 Å². The summed E-state index contributed by atoms with van der Waals surface area (Å²) in [5.74, 6) is 19.0. The van der Waals surface area contributed by atoms with Crippen molar-refractivity contribution in [3.05, 3.63) is 360 Å². The third kappa shape index (κ3) is 26.0. The molecule has 15 aromatic rings. The highest BCUT2D eigenvalue weighted by Gasteiger charge is 2.03. The fourth-order valence-electron chi connectivity index (χ4n) is 9.76. The molecule has 5 heterocycles. The monoisotopic (exact) mass is 1440 g/mol. The largest absolute Gasteiger partial charge is 0.508 e. The zero-order valence-electron chi connectivity index (χ0n) is 56.5. The Morgan fingerprint density at radius 3 is 1.08 bits per heavy atom. The van der Waals surface area contributed by atoms with Crippen LogP contribution in [-0.2, 0) is 9.59 Å². The zero-order valence-corrected chi connectivity index (χ0v) is 58.2. The molecule has 0 atom stereocenters. The highest BCUT2D eigenvalue weighted by Crippen LogP contribution is 2.21. The van der Waals surface area contributed by atoms with E-state index in [1.54, 1.807) is 72.8 Å². The molecule has 0 spiro atoms. The molecule has 0 saturated heterocycles. The van der Waals surface area contributed by atoms with Crippen molar-refractivity contribution in [2.45, 2.75) is 35.6 Å². The Balaban J connectivity index is 0.000000202. The van der Waals surface area contributed by atoms with Gasteiger partial charge in [-0.05, 0) is 176 Å². The summed E-state index contributed by atoms with van der Waals surface area (Å²) in [4.78, 5) is 54.4. The Kier molecular flexibility index (Phi) is 32.1. The normalized spacial score (nSPS) is 9.69. The van der Waals surface area contributed by atoms with Crippen LogP contribution >= 0.6 is 24.8 Å². The molecule has 13 nitrogen and oxygen atoms in total. The van der Waals surface area contributed by atoms with E-state index >= 15 is 0 Å². The fraction of sp³-hybridized carbons (Fsp3) is 0.0549. The number of aromatic hydroxyl groups is 3. The first-order valence-corrected chi connectivity index (χ1v) is 32.1. The van der Waals surface area contributed by atoms with E-state index in [4.69, 9.17) is 14.6 Å². The van der Waals surface area contributed by atoms with Crippen molar-refractivity contribution in [1.82, 2.24) is 24.9 Å². The summed E-state index contributed by atoms with van der Waals surface area (Å²) in [6.45, 7) is 4.77. The molecule has 0 aliphatic heterocycles. The van der Waals surface area contributed by atoms with Crippen LogP contribution < -0.4 is 9.47 Å². The molecule has 0 saturated carbocycles. The topological polar surface area (TPSA) is 195 Å². The average molecular weight is 1440 g/mol. The number of hydrogen-bond donors (Lipinski definition) is 3. The fourth-order valence-corrected chi connectivity index (χ4v) is 9.76. The van der Waals surface area contributed by atoms with Gasteiger partial charge in [0.15, 0.2) is 0 Å². The van der Waals surface area contributed by atoms with Gasteiger partial charge in [0.2, 0.25) is 0 Å². The minimum Gasteiger partial charge on any atom is -0.508 e. The van der Waals surface area contributed by atoms with Gasteiger partial charge in [-0.2, -0.15) is 0 Å². The number of carbonyl (C=O) groups excluding carboxylic acids is 3. The van der Waals surface area contributed by atoms with Crippen LogP contribution in [0.25, 0.3) is 66.7 Å². The van der Waals surface area contributed by atoms with Gasteiger partial charge in [0.1, 0.15) is 52.1 Å². The van der Waals surface area contributed by atoms with Gasteiger partial charge in [-0.15, -0.1) is 24.8 Å². The number of aromatic nitrogens is 5. The lowest BCUT2D eigenvalue weighted by atomic mass is 10.1. The lowest BCUT2D eigenvalue weighted by Gasteiger charge is -2.02. The van der Waals surface area contributed by atoms with Gasteiger partial charge in [-0.3, -0.25) is 19.4 Å². The van der Waals surface area contributed by atoms with Gasteiger partial charge in [-0.25, -0.2) is 19.9 Å². The maximum Gasteiger partial charge on any atom is 0.308 e. The third-order valence-corrected chi connectivity index (χ3v) is 14.5. The summed E-state index contributed by atoms with van der Waals surface area (Å²) in [5, 5.41) is 33.1. The molecule has 10 aromatic carbocycles. The first kappa shape index (κ1) is 81.2. The van der Waals surface area contributed by atoms with Crippen molar-refractivity contribution >= 4 is 110 Å². The molecule has 0 amide bonds. The standard InChI is InChI=1S/C19H15NO2.C19H13NO2.2C17H11NO.C10H9N.C7H6O2.2CH4.2ClH/c2*1-14(21)22-18-7-4-5-15(13-18)9-11-17-12-10-16-6-2-3-8-19(16)20-17;2*19-16-6-3-4-13(12-16)8-10-15-11-9-14-5-1-2-7-17(14)18-15;1-8-6-7-9-4-2-3-5-10(9)11-8;8-5-6-2-1-3-7(9)4-6;;;;/h2-13H,1H3;2-8,10,12-13H,1H3;2*1-7,9,11-12,19H;2-7H,1H3;1-5,9H;2*1H4;2*1H/b11-9+;;;;;;;;;. The molecule has 0 aliphatic rings. The van der Waals surface area contributed by atoms with Crippen molar-refractivity contribution < 1.29 is 39.2 Å². The van der Waals surface area contributed by atoms with Crippen molar-refractivity contribution in [3.63, 3.8) is 0 Å². The first-order valence-electron chi connectivity index (χ1n) is 32.1. The number of hydrogen-bond acceptors (Lipinski definition) is 13. The number of aldehydes is 1. The second-order valence-corrected chi connectivity index (χ2v) is 22.4. The van der Waals surface area contributed by atoms with Gasteiger partial charge in [0.25, 0.3) is 0 Å². The Bertz CT molecular complexity index is 5580. The van der Waals surface area contributed by atoms with Crippen LogP contribution in [0.2, 0.25) is 0 Å². The number of carbonyl (C=O) groups is 3. The van der Waals surface area contributed by atoms with Crippen LogP contribution in [0.4, 0.5) is 0 Å². The molecule has 106 heavy (non-hydrogen) atoms. The predicted octanol–water partition coefficient (Wildman–Crippen LogP) is 20.4. The summed E-state index contributed by atoms with van der Waals surface area (Å²) in [6, 6.07) is 94.3. The predicted molar refractivity (Wildman–Crippen MR) is 433 cm³/mol. The van der Waals surface area contributed by atoms with Crippen LogP contribution in [0.15, 0.2) is 303 Å². The summed E-state index contributed by atoms with van der Waals surface area (Å²) in [6.07, 6.45) is 4.59. The Hall–Kier alpha value is -13.7. The van der Waals surface area contributed by atoms with Crippen molar-refractivity contribution in [2.75, 3.05) is 0 Å². The van der Waals surface area contributed by atoms with Crippen LogP contribution in [0.3, 0.4) is 0 Å². The third-order valence-electron chi connectivity index (χ3n) is 14.5. The van der Waals surface area contributed by atoms with Gasteiger partial charge in [-0.1, -0.05) is 202 Å². The number of benzene rings is 10. The van der Waals surface area contributed by atoms with Gasteiger partial charge in [0.05, 0.1) is 33.3 Å². The van der Waals surface area contributed by atoms with E-state index in [1.807, 2.05) is 219 Å². The smallest absolute Gasteiger partial charge is 0.308 e. The summed E-state index contributed by atoms with van der Waals surface area (Å²) >= 11 is 0. The van der Waals surface area contributed by atoms with E-state index < -0.39 is 0 Å². The zero-order chi connectivity index (χ0) is 71.3. The van der Waals surface area contributed by atoms with E-state index in [2.05, 4.69) is 78.6 Å². The van der Waals surface area contributed by atoms with E-state index in [0.29, 0.717) is 29.0 Å². The molecule has 0 radical (unpaired) electrons. The van der Waals surface area contributed by atoms with Gasteiger partial charge in [0, 0.05) is 68.7 Å². The SMILES string of the molecule is C.C.CC(=O)Oc1cccc(/C=C/c2ccc3ccccc3n2)c1.CC(=O)Oc1cccc(C#Cc2ccc3ccccc3n2)c1.Cc1ccc2ccccc2n1.Cl.Cl.O=Cc1cccc(O)c1.Oc1cccc(C#Cc2ccc3ccccc3n2)c1.Oc1cccc(C#Cc2ccc3ccccc3n2)c1. The number of esters is 2. The van der Waals surface area contributed by atoms with E-state index in [1.165, 1.54) is 31.4 Å². The number of aryl methyl sites for hydroxylation is 1. The molecule has 0 bridgehead atoms. The summed E-state index contributed by atoms with van der Waals surface area (Å²) in [7, 11) is 0. The minimum absolute atomic E-state index is 0. The second-order valence-electron chi connectivity index (χ2n) is 22.4. The molecule has 5 aromatic heterocycles. The molecular formula is C91H75Cl2N5O8. The number of phenols is 3. The molecule has 15 rings (SSSR count). The number of rotatable bonds is 5. The summed E-state index contributed by atoms with van der Waals surface area (Å²) < 4.78 is 10.1. The second kappa shape index (κ2) is 41.9. The summed E-state index contributed by atoms with van der Waals surface area (Å²) in [5.41, 5.74) is 12.7. The maximum atomic E-state index is 11.0. The molecule has 526 valence electrons. The molecular weight excluding hydrogens is 1360 g/mol. The molecule has 0 unspecified atom stereocenters. The van der Waals surface area contributed by atoms with Crippen LogP contribution in [-0.4, -0.2) is 58.5 Å². The highest BCUT2D eigenvalue weighted by atomic mass is 35.5. The van der Waals surface area contributed by atoms with Crippen molar-refractivity contribution in [2.24, 2.45) is 0 Å². The van der Waals surface area contributed by atoms with Crippen molar-refractivity contribution in [3.8, 4) is 64.3 Å². The Labute approximate surface area is 629 Å². The number of pyridine rings is 5. The molecule has 3 N–H and O–H groups in total. The van der Waals surface area contributed by atoms with Crippen LogP contribution in [0.1, 0.15) is 89.8 Å². The number of nitrogens with zero attached hydrogens (tertiary/aromatic N) is 5. The number of phenolic OH excluding ortho intramolecular Hbond substituents is 3. The van der Waals surface area contributed by atoms with E-state index in [0.717, 1.165) is 94.2 Å². The number of halogens is 2. The highest BCUT2D eigenvalue weighted by molar-refractivity contribution is 5.86. The van der Waals surface area contributed by atoms with E-state index in [-0.39, 0.29) is 68.9 Å².